The molecule has 2 N–H and O–H groups in total. The van der Waals surface area contributed by atoms with Gasteiger partial charge in [-0.3, -0.25) is 4.99 Å². The van der Waals surface area contributed by atoms with E-state index in [1.807, 2.05) is 13.1 Å². The number of benzene rings is 2. The van der Waals surface area contributed by atoms with Gasteiger partial charge >= 0.3 is 0 Å². The van der Waals surface area contributed by atoms with Gasteiger partial charge in [-0.25, -0.2) is 0 Å². The number of hydrogen-bond donors (Lipinski definition) is 2. The zero-order valence-corrected chi connectivity index (χ0v) is 16.5. The van der Waals surface area contributed by atoms with E-state index >= 15 is 0 Å². The molecule has 1 fully saturated rings. The van der Waals surface area contributed by atoms with Gasteiger partial charge in [-0.2, -0.15) is 0 Å². The molecule has 0 aliphatic heterocycles. The summed E-state index contributed by atoms with van der Waals surface area (Å²) in [5, 5.41) is 6.89. The third kappa shape index (κ3) is 5.51. The highest BCUT2D eigenvalue weighted by molar-refractivity contribution is 14.0. The van der Waals surface area contributed by atoms with Crippen LogP contribution >= 0.6 is 24.0 Å². The lowest BCUT2D eigenvalue weighted by Gasteiger charge is -2.18. The molecule has 4 heteroatoms. The summed E-state index contributed by atoms with van der Waals surface area (Å²) < 4.78 is 0. The van der Waals surface area contributed by atoms with Gasteiger partial charge in [0.05, 0.1) is 0 Å². The van der Waals surface area contributed by atoms with Gasteiger partial charge in [0.2, 0.25) is 0 Å². The van der Waals surface area contributed by atoms with Crippen molar-refractivity contribution < 1.29 is 0 Å². The molecule has 3 rings (SSSR count). The molecule has 0 unspecified atom stereocenters. The molecule has 3 nitrogen and oxygen atoms in total. The van der Waals surface area contributed by atoms with E-state index in [1.165, 1.54) is 24.0 Å². The Hall–Kier alpha value is -1.56. The SMILES string of the molecule is CN=C(NCc1ccccc1)NCC1(Cc2ccccc2)CC1.I. The van der Waals surface area contributed by atoms with E-state index in [2.05, 4.69) is 70.2 Å². The van der Waals surface area contributed by atoms with Crippen molar-refractivity contribution >= 4 is 29.9 Å². The van der Waals surface area contributed by atoms with Gasteiger partial charge < -0.3 is 10.6 Å². The fraction of sp³-hybridized carbons (Fsp3) is 0.350. The quantitative estimate of drug-likeness (QED) is 0.409. The van der Waals surface area contributed by atoms with Gasteiger partial charge in [-0.05, 0) is 35.8 Å². The summed E-state index contributed by atoms with van der Waals surface area (Å²) in [6.07, 6.45) is 3.74. The van der Waals surface area contributed by atoms with Crippen LogP contribution in [0.5, 0.6) is 0 Å². The second kappa shape index (κ2) is 9.06. The largest absolute Gasteiger partial charge is 0.356 e. The number of nitrogens with zero attached hydrogens (tertiary/aromatic N) is 1. The van der Waals surface area contributed by atoms with Crippen LogP contribution in [-0.2, 0) is 13.0 Å². The van der Waals surface area contributed by atoms with Crippen molar-refractivity contribution in [1.29, 1.82) is 0 Å². The van der Waals surface area contributed by atoms with Crippen LogP contribution in [0.15, 0.2) is 65.7 Å². The normalized spacial score (nSPS) is 15.3. The third-order valence-electron chi connectivity index (χ3n) is 4.54. The fourth-order valence-electron chi connectivity index (χ4n) is 2.90. The Morgan fingerprint density at radius 3 is 2.04 bits per heavy atom. The number of aliphatic imine (C=N–C) groups is 1. The highest BCUT2D eigenvalue weighted by Crippen LogP contribution is 2.47. The zero-order chi connectivity index (χ0) is 16.0. The maximum absolute atomic E-state index is 4.34. The molecular formula is C20H26IN3. The Morgan fingerprint density at radius 2 is 1.50 bits per heavy atom. The smallest absolute Gasteiger partial charge is 0.191 e. The number of halogens is 1. The van der Waals surface area contributed by atoms with Crippen LogP contribution < -0.4 is 10.6 Å². The van der Waals surface area contributed by atoms with E-state index in [9.17, 15) is 0 Å². The maximum atomic E-state index is 4.34. The zero-order valence-electron chi connectivity index (χ0n) is 14.2. The van der Waals surface area contributed by atoms with Crippen molar-refractivity contribution in [2.24, 2.45) is 10.4 Å². The fourth-order valence-corrected chi connectivity index (χ4v) is 2.90. The molecule has 1 saturated carbocycles. The standard InChI is InChI=1S/C20H25N3.HI/c1-21-19(22-15-18-10-6-3-7-11-18)23-16-20(12-13-20)14-17-8-4-2-5-9-17;/h2-11H,12-16H2,1H3,(H2,21,22,23);1H. The van der Waals surface area contributed by atoms with Gasteiger partial charge in [0.25, 0.3) is 0 Å². The minimum atomic E-state index is 0. The van der Waals surface area contributed by atoms with Crippen molar-refractivity contribution in [2.75, 3.05) is 13.6 Å². The molecule has 0 heterocycles. The van der Waals surface area contributed by atoms with Crippen LogP contribution in [0.25, 0.3) is 0 Å². The maximum Gasteiger partial charge on any atom is 0.191 e. The topological polar surface area (TPSA) is 36.4 Å². The summed E-state index contributed by atoms with van der Waals surface area (Å²) in [5.74, 6) is 0.883. The average Bonchev–Trinajstić information content (AvgIpc) is 3.36. The minimum absolute atomic E-state index is 0. The second-order valence-electron chi connectivity index (χ2n) is 6.43. The predicted octanol–water partition coefficient (Wildman–Crippen LogP) is 3.99. The Morgan fingerprint density at radius 1 is 0.917 bits per heavy atom. The van der Waals surface area contributed by atoms with Crippen molar-refractivity contribution in [1.82, 2.24) is 10.6 Å². The molecule has 2 aromatic carbocycles. The Kier molecular flexibility index (Phi) is 7.09. The van der Waals surface area contributed by atoms with Crippen molar-refractivity contribution in [2.45, 2.75) is 25.8 Å². The molecule has 2 aromatic rings. The molecule has 0 spiro atoms. The van der Waals surface area contributed by atoms with E-state index in [4.69, 9.17) is 0 Å². The molecular weight excluding hydrogens is 409 g/mol. The third-order valence-corrected chi connectivity index (χ3v) is 4.54. The van der Waals surface area contributed by atoms with Crippen LogP contribution in [-0.4, -0.2) is 19.6 Å². The van der Waals surface area contributed by atoms with Gasteiger partial charge in [0.1, 0.15) is 0 Å². The lowest BCUT2D eigenvalue weighted by Crippen LogP contribution is -2.40. The lowest BCUT2D eigenvalue weighted by atomic mass is 9.96. The number of hydrogen-bond acceptors (Lipinski definition) is 1. The molecule has 24 heavy (non-hydrogen) atoms. The Labute approximate surface area is 162 Å². The van der Waals surface area contributed by atoms with Gasteiger partial charge in [0.15, 0.2) is 5.96 Å². The monoisotopic (exact) mass is 435 g/mol. The van der Waals surface area contributed by atoms with Crippen molar-refractivity contribution in [3.8, 4) is 0 Å². The summed E-state index contributed by atoms with van der Waals surface area (Å²) in [6, 6.07) is 21.2. The number of guanidine groups is 1. The van der Waals surface area contributed by atoms with E-state index in [1.54, 1.807) is 0 Å². The molecule has 0 aromatic heterocycles. The lowest BCUT2D eigenvalue weighted by molar-refractivity contribution is 0.492. The first kappa shape index (κ1) is 18.8. The molecule has 1 aliphatic rings. The van der Waals surface area contributed by atoms with Crippen LogP contribution in [0, 0.1) is 5.41 Å². The molecule has 0 saturated heterocycles. The van der Waals surface area contributed by atoms with E-state index in [0.717, 1.165) is 25.5 Å². The second-order valence-corrected chi connectivity index (χ2v) is 6.43. The summed E-state index contributed by atoms with van der Waals surface area (Å²) in [6.45, 7) is 1.78. The summed E-state index contributed by atoms with van der Waals surface area (Å²) >= 11 is 0. The molecule has 0 atom stereocenters. The predicted molar refractivity (Wildman–Crippen MR) is 112 cm³/mol. The summed E-state index contributed by atoms with van der Waals surface area (Å²) in [4.78, 5) is 4.34. The number of rotatable bonds is 6. The molecule has 0 amide bonds. The first-order valence-corrected chi connectivity index (χ1v) is 8.32. The van der Waals surface area contributed by atoms with Gasteiger partial charge in [0, 0.05) is 20.1 Å². The van der Waals surface area contributed by atoms with Crippen LogP contribution in [0.2, 0.25) is 0 Å². The molecule has 1 aliphatic carbocycles. The van der Waals surface area contributed by atoms with Gasteiger partial charge in [-0.1, -0.05) is 60.7 Å². The van der Waals surface area contributed by atoms with E-state index < -0.39 is 0 Å². The summed E-state index contributed by atoms with van der Waals surface area (Å²) in [5.41, 5.74) is 3.10. The van der Waals surface area contributed by atoms with Gasteiger partial charge in [-0.15, -0.1) is 24.0 Å². The highest BCUT2D eigenvalue weighted by atomic mass is 127. The Bertz CT molecular complexity index is 636. The summed E-state index contributed by atoms with van der Waals surface area (Å²) in [7, 11) is 1.83. The molecule has 0 radical (unpaired) electrons. The first-order chi connectivity index (χ1) is 11.3. The first-order valence-electron chi connectivity index (χ1n) is 8.32. The van der Waals surface area contributed by atoms with Crippen LogP contribution in [0.4, 0.5) is 0 Å². The van der Waals surface area contributed by atoms with E-state index in [-0.39, 0.29) is 24.0 Å². The number of nitrogens with one attached hydrogen (secondary N) is 2. The minimum Gasteiger partial charge on any atom is -0.356 e. The highest BCUT2D eigenvalue weighted by Gasteiger charge is 2.42. The van der Waals surface area contributed by atoms with E-state index in [0.29, 0.717) is 5.41 Å². The van der Waals surface area contributed by atoms with Crippen molar-refractivity contribution in [3.05, 3.63) is 71.8 Å². The average molecular weight is 435 g/mol. The molecule has 0 bridgehead atoms. The Balaban J connectivity index is 0.00000208. The van der Waals surface area contributed by atoms with Crippen LogP contribution in [0.1, 0.15) is 24.0 Å². The molecule has 128 valence electrons. The van der Waals surface area contributed by atoms with Crippen molar-refractivity contribution in [3.63, 3.8) is 0 Å². The van der Waals surface area contributed by atoms with Crippen LogP contribution in [0.3, 0.4) is 0 Å².